The Kier molecular flexibility index (Phi) is 58.5. The summed E-state index contributed by atoms with van der Waals surface area (Å²) in [6, 6.07) is -0.633. The van der Waals surface area contributed by atoms with Crippen LogP contribution in [0.1, 0.15) is 348 Å². The fourth-order valence-corrected chi connectivity index (χ4v) is 9.87. The molecule has 0 aliphatic rings. The molecule has 2 atom stereocenters. The smallest absolute Gasteiger partial charge is 0.305 e. The standard InChI is InChI=1S/C64H123NO5/c1-3-5-7-9-11-13-15-17-19-26-29-32-36-40-44-48-52-56-62(67)61(60-66)65-63(68)57-53-49-45-41-37-33-30-27-24-22-20-21-23-25-28-31-35-39-43-47-51-55-59-70-64(69)58-54-50-46-42-38-34-18-16-14-12-10-8-6-4-2/h22,24,52,56,61-62,66-67H,3-21,23,25-51,53-55,57-60H2,1-2H3,(H,65,68)/b24-22-,56-52+. The van der Waals surface area contributed by atoms with Crippen molar-refractivity contribution in [2.45, 2.75) is 360 Å². The van der Waals surface area contributed by atoms with Gasteiger partial charge in [-0.1, -0.05) is 301 Å². The maximum atomic E-state index is 12.5. The number of aliphatic hydroxyl groups excluding tert-OH is 2. The zero-order valence-corrected chi connectivity index (χ0v) is 47.3. The molecule has 3 N–H and O–H groups in total. The molecule has 0 fully saturated rings. The number of ether oxygens (including phenoxy) is 1. The van der Waals surface area contributed by atoms with Crippen molar-refractivity contribution < 1.29 is 24.5 Å². The molecule has 0 aromatic heterocycles. The van der Waals surface area contributed by atoms with E-state index in [0.717, 1.165) is 44.9 Å². The van der Waals surface area contributed by atoms with Crippen LogP contribution in [0.5, 0.6) is 0 Å². The van der Waals surface area contributed by atoms with Crippen LogP contribution in [0.3, 0.4) is 0 Å². The third-order valence-electron chi connectivity index (χ3n) is 14.7. The highest BCUT2D eigenvalue weighted by atomic mass is 16.5. The van der Waals surface area contributed by atoms with Crippen molar-refractivity contribution >= 4 is 11.9 Å². The van der Waals surface area contributed by atoms with Crippen LogP contribution in [0.2, 0.25) is 0 Å². The number of allylic oxidation sites excluding steroid dienone is 3. The van der Waals surface area contributed by atoms with E-state index in [2.05, 4.69) is 31.3 Å². The van der Waals surface area contributed by atoms with E-state index in [9.17, 15) is 19.8 Å². The summed E-state index contributed by atoms with van der Waals surface area (Å²) in [5.74, 6) is -0.0606. The van der Waals surface area contributed by atoms with Crippen LogP contribution >= 0.6 is 0 Å². The number of unbranched alkanes of at least 4 members (excludes halogenated alkanes) is 46. The zero-order valence-electron chi connectivity index (χ0n) is 47.3. The van der Waals surface area contributed by atoms with Gasteiger partial charge in [0.2, 0.25) is 5.91 Å². The Morgan fingerprint density at radius 3 is 1.01 bits per heavy atom. The van der Waals surface area contributed by atoms with Crippen molar-refractivity contribution in [1.82, 2.24) is 5.32 Å². The Hall–Kier alpha value is -1.66. The average Bonchev–Trinajstić information content (AvgIpc) is 3.36. The molecule has 1 amide bonds. The van der Waals surface area contributed by atoms with E-state index in [1.165, 1.54) is 276 Å². The molecule has 0 aromatic carbocycles. The Bertz CT molecular complexity index is 1090. The second-order valence-electron chi connectivity index (χ2n) is 21.7. The molecule has 0 aliphatic carbocycles. The van der Waals surface area contributed by atoms with Crippen molar-refractivity contribution in [2.75, 3.05) is 13.2 Å². The first kappa shape index (κ1) is 68.3. The second kappa shape index (κ2) is 59.9. The minimum Gasteiger partial charge on any atom is -0.466 e. The molecule has 0 saturated carbocycles. The maximum absolute atomic E-state index is 12.5. The van der Waals surface area contributed by atoms with E-state index >= 15 is 0 Å². The van der Waals surface area contributed by atoms with Crippen LogP contribution in [0.4, 0.5) is 0 Å². The summed E-state index contributed by atoms with van der Waals surface area (Å²) in [6.07, 6.45) is 73.6. The molecule has 70 heavy (non-hydrogen) atoms. The number of esters is 1. The van der Waals surface area contributed by atoms with Gasteiger partial charge in [-0.2, -0.15) is 0 Å². The minimum absolute atomic E-state index is 0.0120. The van der Waals surface area contributed by atoms with Crippen LogP contribution in [0.15, 0.2) is 24.3 Å². The van der Waals surface area contributed by atoms with E-state index in [1.54, 1.807) is 6.08 Å². The molecule has 0 aromatic rings. The topological polar surface area (TPSA) is 95.9 Å². The molecular formula is C64H123NO5. The third kappa shape index (κ3) is 55.7. The molecule has 0 radical (unpaired) electrons. The normalized spacial score (nSPS) is 12.7. The van der Waals surface area contributed by atoms with Gasteiger partial charge in [0.05, 0.1) is 25.4 Å². The highest BCUT2D eigenvalue weighted by molar-refractivity contribution is 5.76. The lowest BCUT2D eigenvalue weighted by Gasteiger charge is -2.20. The third-order valence-corrected chi connectivity index (χ3v) is 14.7. The number of rotatable bonds is 59. The molecule has 2 unspecified atom stereocenters. The molecule has 0 heterocycles. The molecule has 414 valence electrons. The van der Waals surface area contributed by atoms with Gasteiger partial charge in [0.15, 0.2) is 0 Å². The molecule has 0 aliphatic heterocycles. The van der Waals surface area contributed by atoms with E-state index in [-0.39, 0.29) is 18.5 Å². The van der Waals surface area contributed by atoms with E-state index < -0.39 is 12.1 Å². The Morgan fingerprint density at radius 1 is 0.386 bits per heavy atom. The summed E-state index contributed by atoms with van der Waals surface area (Å²) >= 11 is 0. The summed E-state index contributed by atoms with van der Waals surface area (Å²) in [5, 5.41) is 23.2. The van der Waals surface area contributed by atoms with Gasteiger partial charge in [-0.05, 0) is 57.8 Å². The van der Waals surface area contributed by atoms with E-state index in [4.69, 9.17) is 4.74 Å². The molecule has 6 nitrogen and oxygen atoms in total. The van der Waals surface area contributed by atoms with Gasteiger partial charge in [0, 0.05) is 12.8 Å². The lowest BCUT2D eigenvalue weighted by Crippen LogP contribution is -2.45. The Morgan fingerprint density at radius 2 is 0.671 bits per heavy atom. The largest absolute Gasteiger partial charge is 0.466 e. The lowest BCUT2D eigenvalue weighted by atomic mass is 10.0. The SMILES string of the molecule is CCCCCCCCCCCCCCCCC/C=C/C(O)C(CO)NC(=O)CCCCCCCCC/C=C\CCCCCCCCCCCCCOC(=O)CCCCCCCCCCCCCCCC. The first-order valence-corrected chi connectivity index (χ1v) is 31.6. The van der Waals surface area contributed by atoms with Gasteiger partial charge < -0.3 is 20.3 Å². The summed E-state index contributed by atoms with van der Waals surface area (Å²) in [5.41, 5.74) is 0. The van der Waals surface area contributed by atoms with Gasteiger partial charge in [-0.15, -0.1) is 0 Å². The van der Waals surface area contributed by atoms with Crippen LogP contribution in [0.25, 0.3) is 0 Å². The van der Waals surface area contributed by atoms with E-state index in [0.29, 0.717) is 19.4 Å². The molecule has 6 heteroatoms. The first-order chi connectivity index (χ1) is 34.5. The fourth-order valence-electron chi connectivity index (χ4n) is 9.87. The van der Waals surface area contributed by atoms with Crippen molar-refractivity contribution in [1.29, 1.82) is 0 Å². The predicted octanol–water partition coefficient (Wildman–Crippen LogP) is 19.8. The van der Waals surface area contributed by atoms with Crippen LogP contribution in [-0.2, 0) is 14.3 Å². The van der Waals surface area contributed by atoms with Crippen molar-refractivity contribution in [3.05, 3.63) is 24.3 Å². The molecule has 0 bridgehead atoms. The van der Waals surface area contributed by atoms with Crippen molar-refractivity contribution in [3.8, 4) is 0 Å². The van der Waals surface area contributed by atoms with Crippen LogP contribution < -0.4 is 5.32 Å². The van der Waals surface area contributed by atoms with Gasteiger partial charge in [0.25, 0.3) is 0 Å². The van der Waals surface area contributed by atoms with Gasteiger partial charge in [-0.3, -0.25) is 9.59 Å². The molecule has 0 saturated heterocycles. The summed E-state index contributed by atoms with van der Waals surface area (Å²) in [4.78, 5) is 24.5. The van der Waals surface area contributed by atoms with Gasteiger partial charge in [-0.25, -0.2) is 0 Å². The zero-order chi connectivity index (χ0) is 50.7. The van der Waals surface area contributed by atoms with E-state index in [1.807, 2.05) is 6.08 Å². The first-order valence-electron chi connectivity index (χ1n) is 31.6. The molecular weight excluding hydrogens is 863 g/mol. The van der Waals surface area contributed by atoms with Gasteiger partial charge in [0.1, 0.15) is 0 Å². The second-order valence-corrected chi connectivity index (χ2v) is 21.7. The maximum Gasteiger partial charge on any atom is 0.305 e. The van der Waals surface area contributed by atoms with Crippen molar-refractivity contribution in [3.63, 3.8) is 0 Å². The molecule has 0 spiro atoms. The number of carbonyl (C=O) groups is 2. The highest BCUT2D eigenvalue weighted by Crippen LogP contribution is 2.17. The number of hydrogen-bond acceptors (Lipinski definition) is 5. The number of amides is 1. The quantitative estimate of drug-likeness (QED) is 0.0321. The number of carbonyl (C=O) groups excluding carboxylic acids is 2. The number of nitrogens with one attached hydrogen (secondary N) is 1. The monoisotopic (exact) mass is 986 g/mol. The Balaban J connectivity index is 3.43. The molecule has 0 rings (SSSR count). The summed E-state index contributed by atoms with van der Waals surface area (Å²) in [7, 11) is 0. The van der Waals surface area contributed by atoms with Crippen LogP contribution in [-0.4, -0.2) is 47.4 Å². The number of aliphatic hydroxyl groups is 2. The highest BCUT2D eigenvalue weighted by Gasteiger charge is 2.18. The average molecular weight is 987 g/mol. The fraction of sp³-hybridized carbons (Fsp3) is 0.906. The Labute approximate surface area is 437 Å². The predicted molar refractivity (Wildman–Crippen MR) is 306 cm³/mol. The summed E-state index contributed by atoms with van der Waals surface area (Å²) < 4.78 is 5.48. The minimum atomic E-state index is -0.849. The number of hydrogen-bond donors (Lipinski definition) is 3. The van der Waals surface area contributed by atoms with Crippen molar-refractivity contribution in [2.24, 2.45) is 0 Å². The summed E-state index contributed by atoms with van der Waals surface area (Å²) in [6.45, 7) is 4.92. The van der Waals surface area contributed by atoms with Gasteiger partial charge >= 0.3 is 5.97 Å². The van der Waals surface area contributed by atoms with Crippen LogP contribution in [0, 0.1) is 0 Å². The lowest BCUT2D eigenvalue weighted by molar-refractivity contribution is -0.143.